The zero-order valence-electron chi connectivity index (χ0n) is 20.5. The Morgan fingerprint density at radius 3 is 2.53 bits per heavy atom. The Balaban J connectivity index is 1.63. The van der Waals surface area contributed by atoms with Crippen LogP contribution in [-0.2, 0) is 15.6 Å². The topological polar surface area (TPSA) is 79.3 Å². The van der Waals surface area contributed by atoms with E-state index >= 15 is 0 Å². The Morgan fingerprint density at radius 2 is 1.84 bits per heavy atom. The third-order valence-corrected chi connectivity index (χ3v) is 10.7. The van der Waals surface area contributed by atoms with Gasteiger partial charge in [0.25, 0.3) is 0 Å². The largest absolute Gasteiger partial charge is 0.421 e. The van der Waals surface area contributed by atoms with Crippen molar-refractivity contribution in [3.63, 3.8) is 0 Å². The third-order valence-electron chi connectivity index (χ3n) is 6.69. The van der Waals surface area contributed by atoms with Crippen molar-refractivity contribution in [1.82, 2.24) is 9.71 Å². The number of rotatable bonds is 8. The summed E-state index contributed by atoms with van der Waals surface area (Å²) in [4.78, 5) is 6.00. The van der Waals surface area contributed by atoms with E-state index in [-0.39, 0.29) is 11.3 Å². The lowest BCUT2D eigenvalue weighted by molar-refractivity contribution is -0.258. The first kappa shape index (κ1) is 27.1. The molecule has 2 N–H and O–H groups in total. The Morgan fingerprint density at radius 1 is 1.11 bits per heavy atom. The predicted molar refractivity (Wildman–Crippen MR) is 146 cm³/mol. The number of aliphatic hydroxyl groups is 1. The average Bonchev–Trinajstić information content (AvgIpc) is 3.66. The highest BCUT2D eigenvalue weighted by atomic mass is 32.2. The fraction of sp³-hybridized carbons (Fsp3) is 0.296. The Kier molecular flexibility index (Phi) is 7.10. The van der Waals surface area contributed by atoms with E-state index in [1.54, 1.807) is 12.1 Å². The molecule has 200 valence electrons. The molecule has 0 amide bonds. The van der Waals surface area contributed by atoms with E-state index < -0.39 is 33.1 Å². The Bertz CT molecular complexity index is 1600. The van der Waals surface area contributed by atoms with Gasteiger partial charge in [-0.3, -0.25) is 4.98 Å². The molecule has 1 fully saturated rings. The number of benzene rings is 2. The molecule has 2 heterocycles. The second-order valence-corrected chi connectivity index (χ2v) is 13.3. The molecule has 5 nitrogen and oxygen atoms in total. The highest BCUT2D eigenvalue weighted by molar-refractivity contribution is 7.98. The summed E-state index contributed by atoms with van der Waals surface area (Å²) < 4.78 is 70.2. The molecule has 0 saturated heterocycles. The molecule has 5 rings (SSSR count). The summed E-state index contributed by atoms with van der Waals surface area (Å²) in [5, 5.41) is 10.6. The van der Waals surface area contributed by atoms with Gasteiger partial charge < -0.3 is 5.11 Å². The van der Waals surface area contributed by atoms with Crippen molar-refractivity contribution in [2.45, 2.75) is 47.7 Å². The minimum atomic E-state index is -4.86. The van der Waals surface area contributed by atoms with E-state index in [0.29, 0.717) is 18.4 Å². The fourth-order valence-corrected chi connectivity index (χ4v) is 7.79. The van der Waals surface area contributed by atoms with Crippen LogP contribution in [0.4, 0.5) is 13.2 Å². The maximum absolute atomic E-state index is 13.5. The predicted octanol–water partition coefficient (Wildman–Crippen LogP) is 6.63. The molecule has 1 aliphatic carbocycles. The van der Waals surface area contributed by atoms with Gasteiger partial charge in [0.1, 0.15) is 0 Å². The van der Waals surface area contributed by atoms with Gasteiger partial charge in [-0.1, -0.05) is 36.4 Å². The number of hydrogen-bond donors (Lipinski definition) is 2. The number of aromatic nitrogens is 1. The van der Waals surface area contributed by atoms with Crippen molar-refractivity contribution in [3.8, 4) is 11.3 Å². The number of fused-ring (bicyclic) bond motifs is 1. The van der Waals surface area contributed by atoms with E-state index in [4.69, 9.17) is 0 Å². The summed E-state index contributed by atoms with van der Waals surface area (Å²) in [6, 6.07) is 16.7. The van der Waals surface area contributed by atoms with Gasteiger partial charge in [-0.25, -0.2) is 13.1 Å². The van der Waals surface area contributed by atoms with Crippen LogP contribution in [0.15, 0.2) is 71.8 Å². The van der Waals surface area contributed by atoms with Crippen LogP contribution in [0.5, 0.6) is 0 Å². The summed E-state index contributed by atoms with van der Waals surface area (Å²) in [5.41, 5.74) is -1.63. The molecule has 4 aromatic rings. The number of alkyl halides is 3. The van der Waals surface area contributed by atoms with Gasteiger partial charge in [-0.2, -0.15) is 13.2 Å². The van der Waals surface area contributed by atoms with Gasteiger partial charge >= 0.3 is 6.18 Å². The summed E-state index contributed by atoms with van der Waals surface area (Å²) >= 11 is 2.90. The normalized spacial score (nSPS) is 16.9. The number of thiophene rings is 1. The Labute approximate surface area is 227 Å². The number of halogens is 3. The number of thioether (sulfide) groups is 1. The molecule has 0 bridgehead atoms. The first-order valence-electron chi connectivity index (χ1n) is 11.8. The summed E-state index contributed by atoms with van der Waals surface area (Å²) in [5.74, 6) is 0. The maximum atomic E-state index is 13.5. The van der Waals surface area contributed by atoms with Crippen LogP contribution in [0.2, 0.25) is 0 Å². The van der Waals surface area contributed by atoms with E-state index in [2.05, 4.69) is 9.71 Å². The second kappa shape index (κ2) is 9.95. The SMILES string of the molecule is CSc1ccccc1[C@@H](NS(=O)(=O)C1CC1)c1cc2cccc(-c3cc([C@](C)(O)C(F)(F)F)ccn3)c2s1. The number of pyridine rings is 1. The lowest BCUT2D eigenvalue weighted by atomic mass is 9.94. The molecule has 0 aliphatic heterocycles. The summed E-state index contributed by atoms with van der Waals surface area (Å²) in [6.45, 7) is 0.718. The van der Waals surface area contributed by atoms with Crippen LogP contribution in [0, 0.1) is 0 Å². The quantitative estimate of drug-likeness (QED) is 0.230. The number of hydrogen-bond acceptors (Lipinski definition) is 6. The van der Waals surface area contributed by atoms with Crippen LogP contribution >= 0.6 is 23.1 Å². The van der Waals surface area contributed by atoms with E-state index in [0.717, 1.165) is 38.4 Å². The maximum Gasteiger partial charge on any atom is 0.421 e. The Hall–Kier alpha value is -2.44. The van der Waals surface area contributed by atoms with Gasteiger partial charge in [0.05, 0.1) is 17.0 Å². The van der Waals surface area contributed by atoms with Gasteiger partial charge in [-0.05, 0) is 66.8 Å². The van der Waals surface area contributed by atoms with Gasteiger partial charge in [0.15, 0.2) is 5.60 Å². The first-order chi connectivity index (χ1) is 17.9. The average molecular weight is 579 g/mol. The minimum Gasteiger partial charge on any atom is -0.376 e. The molecule has 1 saturated carbocycles. The molecular weight excluding hydrogens is 554 g/mol. The molecule has 0 spiro atoms. The van der Waals surface area contributed by atoms with Crippen molar-refractivity contribution in [3.05, 3.63) is 82.9 Å². The second-order valence-electron chi connectivity index (χ2n) is 9.41. The molecule has 2 aromatic heterocycles. The van der Waals surface area contributed by atoms with E-state index in [1.807, 2.05) is 42.7 Å². The fourth-order valence-electron chi connectivity index (χ4n) is 4.29. The third kappa shape index (κ3) is 5.10. The van der Waals surface area contributed by atoms with Crippen LogP contribution in [-0.4, -0.2) is 36.2 Å². The van der Waals surface area contributed by atoms with Gasteiger partial charge in [0, 0.05) is 26.2 Å². The van der Waals surface area contributed by atoms with Crippen molar-refractivity contribution in [2.24, 2.45) is 0 Å². The van der Waals surface area contributed by atoms with Gasteiger partial charge in [0.2, 0.25) is 10.0 Å². The van der Waals surface area contributed by atoms with Crippen molar-refractivity contribution in [2.75, 3.05) is 6.26 Å². The lowest BCUT2D eigenvalue weighted by Crippen LogP contribution is -2.39. The number of nitrogens with zero attached hydrogens (tertiary/aromatic N) is 1. The van der Waals surface area contributed by atoms with Crippen LogP contribution in [0.1, 0.15) is 41.8 Å². The zero-order chi connectivity index (χ0) is 27.3. The molecular formula is C27H25F3N2O3S3. The van der Waals surface area contributed by atoms with Crippen molar-refractivity contribution in [1.29, 1.82) is 0 Å². The monoisotopic (exact) mass is 578 g/mol. The highest BCUT2D eigenvalue weighted by Crippen LogP contribution is 2.43. The van der Waals surface area contributed by atoms with Crippen LogP contribution < -0.4 is 4.72 Å². The van der Waals surface area contributed by atoms with Crippen molar-refractivity contribution >= 4 is 43.2 Å². The molecule has 1 aliphatic rings. The van der Waals surface area contributed by atoms with Crippen LogP contribution in [0.25, 0.3) is 21.3 Å². The molecule has 0 radical (unpaired) electrons. The molecule has 38 heavy (non-hydrogen) atoms. The van der Waals surface area contributed by atoms with E-state index in [1.165, 1.54) is 35.4 Å². The first-order valence-corrected chi connectivity index (χ1v) is 15.4. The van der Waals surface area contributed by atoms with Crippen LogP contribution in [0.3, 0.4) is 0 Å². The molecule has 11 heteroatoms. The molecule has 2 atom stereocenters. The number of sulfonamides is 1. The van der Waals surface area contributed by atoms with Crippen molar-refractivity contribution < 1.29 is 26.7 Å². The summed E-state index contributed by atoms with van der Waals surface area (Å²) in [7, 11) is -3.54. The highest BCUT2D eigenvalue weighted by Gasteiger charge is 2.51. The minimum absolute atomic E-state index is 0.283. The lowest BCUT2D eigenvalue weighted by Gasteiger charge is -2.26. The zero-order valence-corrected chi connectivity index (χ0v) is 22.9. The summed E-state index contributed by atoms with van der Waals surface area (Å²) in [6.07, 6.45) is -0.411. The molecule has 0 unspecified atom stereocenters. The number of nitrogens with one attached hydrogen (secondary N) is 1. The van der Waals surface area contributed by atoms with Gasteiger partial charge in [-0.15, -0.1) is 23.1 Å². The van der Waals surface area contributed by atoms with E-state index in [9.17, 15) is 26.7 Å². The standard InChI is InChI=1S/C27H25F3N2O3S3/c1-26(33,27(28,29)30)17-12-13-31-21(15-17)19-8-5-6-16-14-23(37-25(16)19)24(32-38(34,35)18-10-11-18)20-7-3-4-9-22(20)36-2/h3-9,12-15,18,24,32-33H,10-11H2,1-2H3/t24-,26+/m1/s1. The molecule has 2 aromatic carbocycles. The smallest absolute Gasteiger partial charge is 0.376 e.